The maximum Gasteiger partial charge on any atom is 0.305 e. The summed E-state index contributed by atoms with van der Waals surface area (Å²) < 4.78 is 18.8. The van der Waals surface area contributed by atoms with Crippen LogP contribution in [0.25, 0.3) is 0 Å². The first-order valence-electron chi connectivity index (χ1n) is 12.0. The van der Waals surface area contributed by atoms with Crippen molar-refractivity contribution < 1.29 is 28.6 Å². The van der Waals surface area contributed by atoms with Crippen LogP contribution in [0, 0.1) is 39.9 Å². The van der Waals surface area contributed by atoms with Gasteiger partial charge in [0.25, 0.3) is 0 Å². The standard InChI is InChI=1S/C26H35FO5S/c1-5-21(30)32-13-16-11-19-18-7-6-15-10-17(28)8-9-24(15,2)22(18)20(29)12-25(19,3)26(16,4)23(31)33-14-27/h8-10,16,18-20,22,29H,5-7,11-14H2,1-4H3. The number of ether oxygens (including phenoxy) is 1. The fraction of sp³-hybridized carbons (Fsp3) is 0.731. The number of carbonyl (C=O) groups excluding carboxylic acids is 3. The number of aliphatic hydroxyl groups is 1. The number of aliphatic hydroxyl groups excluding tert-OH is 1. The molecule has 8 atom stereocenters. The molecule has 0 heterocycles. The molecule has 0 aromatic carbocycles. The van der Waals surface area contributed by atoms with Gasteiger partial charge in [-0.1, -0.05) is 51.1 Å². The molecule has 0 bridgehead atoms. The largest absolute Gasteiger partial charge is 0.465 e. The van der Waals surface area contributed by atoms with Crippen LogP contribution in [0.15, 0.2) is 23.8 Å². The summed E-state index contributed by atoms with van der Waals surface area (Å²) in [4.78, 5) is 37.3. The molecule has 0 spiro atoms. The van der Waals surface area contributed by atoms with Crippen molar-refractivity contribution in [2.75, 3.05) is 12.6 Å². The maximum atomic E-state index is 13.4. The zero-order chi connectivity index (χ0) is 24.2. The van der Waals surface area contributed by atoms with Crippen molar-refractivity contribution in [3.8, 4) is 0 Å². The van der Waals surface area contributed by atoms with Gasteiger partial charge in [0.15, 0.2) is 10.9 Å². The predicted molar refractivity (Wildman–Crippen MR) is 125 cm³/mol. The lowest BCUT2D eigenvalue weighted by atomic mass is 9.45. The maximum absolute atomic E-state index is 13.4. The van der Waals surface area contributed by atoms with Crippen molar-refractivity contribution in [2.45, 2.75) is 65.9 Å². The van der Waals surface area contributed by atoms with E-state index in [9.17, 15) is 23.9 Å². The Balaban J connectivity index is 1.73. The molecular formula is C26H35FO5S. The molecule has 7 heteroatoms. The molecule has 5 nitrogen and oxygen atoms in total. The van der Waals surface area contributed by atoms with Gasteiger partial charge in [-0.15, -0.1) is 0 Å². The number of carbonyl (C=O) groups is 3. The first-order chi connectivity index (χ1) is 15.5. The molecule has 3 saturated carbocycles. The van der Waals surface area contributed by atoms with Crippen LogP contribution < -0.4 is 0 Å². The molecule has 4 rings (SSSR count). The summed E-state index contributed by atoms with van der Waals surface area (Å²) in [6, 6.07) is -0.795. The lowest BCUT2D eigenvalue weighted by Gasteiger charge is -2.60. The average molecular weight is 479 g/mol. The Bertz CT molecular complexity index is 914. The minimum atomic E-state index is -0.913. The highest BCUT2D eigenvalue weighted by molar-refractivity contribution is 8.13. The zero-order valence-electron chi connectivity index (χ0n) is 19.9. The number of thioether (sulfide) groups is 1. The number of hydrogen-bond donors (Lipinski definition) is 1. The van der Waals surface area contributed by atoms with Gasteiger partial charge >= 0.3 is 5.97 Å². The van der Waals surface area contributed by atoms with Crippen molar-refractivity contribution in [3.63, 3.8) is 0 Å². The number of hydrogen-bond acceptors (Lipinski definition) is 6. The molecule has 33 heavy (non-hydrogen) atoms. The highest BCUT2D eigenvalue weighted by Gasteiger charge is 2.70. The normalized spacial score (nSPS) is 43.9. The number of fused-ring (bicyclic) bond motifs is 5. The van der Waals surface area contributed by atoms with Crippen molar-refractivity contribution in [1.82, 2.24) is 0 Å². The van der Waals surface area contributed by atoms with E-state index >= 15 is 0 Å². The fourth-order valence-electron chi connectivity index (χ4n) is 7.84. The molecular weight excluding hydrogens is 443 g/mol. The molecule has 0 aliphatic heterocycles. The highest BCUT2D eigenvalue weighted by atomic mass is 32.2. The van der Waals surface area contributed by atoms with Gasteiger partial charge in [0.05, 0.1) is 12.7 Å². The van der Waals surface area contributed by atoms with Crippen LogP contribution in [0.5, 0.6) is 0 Å². The molecule has 3 fully saturated rings. The molecule has 0 saturated heterocycles. The molecule has 0 amide bonds. The van der Waals surface area contributed by atoms with Crippen LogP contribution in [0.4, 0.5) is 4.39 Å². The van der Waals surface area contributed by atoms with Crippen LogP contribution in [0.1, 0.15) is 59.8 Å². The van der Waals surface area contributed by atoms with Crippen molar-refractivity contribution in [2.24, 2.45) is 39.9 Å². The summed E-state index contributed by atoms with van der Waals surface area (Å²) in [7, 11) is 0. The van der Waals surface area contributed by atoms with Gasteiger partial charge in [-0.3, -0.25) is 14.4 Å². The summed E-state index contributed by atoms with van der Waals surface area (Å²) in [5, 5.41) is 11.3. The van der Waals surface area contributed by atoms with Crippen LogP contribution in [0.3, 0.4) is 0 Å². The van der Waals surface area contributed by atoms with Gasteiger partial charge < -0.3 is 9.84 Å². The van der Waals surface area contributed by atoms with E-state index in [1.54, 1.807) is 19.1 Å². The summed E-state index contributed by atoms with van der Waals surface area (Å²) in [5.41, 5.74) is -0.762. The Labute approximate surface area is 199 Å². The van der Waals surface area contributed by atoms with Crippen LogP contribution >= 0.6 is 11.8 Å². The highest BCUT2D eigenvalue weighted by Crippen LogP contribution is 2.71. The van der Waals surface area contributed by atoms with Gasteiger partial charge in [-0.05, 0) is 55.1 Å². The quantitative estimate of drug-likeness (QED) is 0.580. The first kappa shape index (κ1) is 24.6. The third-order valence-corrected chi connectivity index (χ3v) is 10.6. The average Bonchev–Trinajstić information content (AvgIpc) is 3.00. The van der Waals surface area contributed by atoms with Gasteiger partial charge in [0.1, 0.15) is 6.01 Å². The minimum Gasteiger partial charge on any atom is -0.465 e. The zero-order valence-corrected chi connectivity index (χ0v) is 20.8. The molecule has 8 unspecified atom stereocenters. The summed E-state index contributed by atoms with van der Waals surface area (Å²) in [5.74, 6) is -0.296. The van der Waals surface area contributed by atoms with E-state index in [0.717, 1.165) is 18.4 Å². The third-order valence-electron chi connectivity index (χ3n) is 9.77. The molecule has 4 aliphatic rings. The predicted octanol–water partition coefficient (Wildman–Crippen LogP) is 4.64. The molecule has 182 valence electrons. The van der Waals surface area contributed by atoms with E-state index in [2.05, 4.69) is 13.8 Å². The summed E-state index contributed by atoms with van der Waals surface area (Å²) in [6.07, 6.45) is 7.67. The second-order valence-electron chi connectivity index (χ2n) is 10.9. The van der Waals surface area contributed by atoms with E-state index in [1.807, 2.05) is 13.0 Å². The summed E-state index contributed by atoms with van der Waals surface area (Å²) in [6.45, 7) is 7.95. The van der Waals surface area contributed by atoms with Crippen LogP contribution in [0.2, 0.25) is 0 Å². The van der Waals surface area contributed by atoms with Gasteiger partial charge in [0, 0.05) is 29.1 Å². The van der Waals surface area contributed by atoms with Gasteiger partial charge in [0.2, 0.25) is 0 Å². The van der Waals surface area contributed by atoms with Crippen molar-refractivity contribution in [1.29, 1.82) is 0 Å². The van der Waals surface area contributed by atoms with Crippen LogP contribution in [-0.4, -0.2) is 40.7 Å². The van der Waals surface area contributed by atoms with E-state index < -0.39 is 28.4 Å². The Hall–Kier alpha value is -1.47. The van der Waals surface area contributed by atoms with E-state index in [0.29, 0.717) is 24.6 Å². The Morgan fingerprint density at radius 2 is 2.03 bits per heavy atom. The van der Waals surface area contributed by atoms with E-state index in [-0.39, 0.29) is 53.6 Å². The number of alkyl halides is 1. The molecule has 0 radical (unpaired) electrons. The van der Waals surface area contributed by atoms with E-state index in [1.165, 1.54) is 0 Å². The lowest BCUT2D eigenvalue weighted by molar-refractivity contribution is -0.155. The lowest BCUT2D eigenvalue weighted by Crippen LogP contribution is -2.58. The monoisotopic (exact) mass is 478 g/mol. The molecule has 1 N–H and O–H groups in total. The third kappa shape index (κ3) is 3.56. The number of ketones is 1. The Morgan fingerprint density at radius 1 is 1.30 bits per heavy atom. The Morgan fingerprint density at radius 3 is 2.70 bits per heavy atom. The fourth-order valence-corrected chi connectivity index (χ4v) is 8.64. The summed E-state index contributed by atoms with van der Waals surface area (Å²) >= 11 is 0.688. The SMILES string of the molecule is CCC(=O)OCC1CC2C3CCC4=CC(=O)C=CC4(C)C3C(O)CC2(C)C1(C)C(=O)SCF. The van der Waals surface area contributed by atoms with Crippen molar-refractivity contribution in [3.05, 3.63) is 23.8 Å². The topological polar surface area (TPSA) is 80.7 Å². The Kier molecular flexibility index (Phi) is 6.45. The van der Waals surface area contributed by atoms with Gasteiger partial charge in [-0.25, -0.2) is 4.39 Å². The second kappa shape index (κ2) is 8.63. The smallest absolute Gasteiger partial charge is 0.305 e. The minimum absolute atomic E-state index is 0.00356. The molecule has 0 aromatic rings. The number of allylic oxidation sites excluding steroid dienone is 4. The number of rotatable bonds is 5. The molecule has 4 aliphatic carbocycles. The van der Waals surface area contributed by atoms with Gasteiger partial charge in [-0.2, -0.15) is 0 Å². The number of halogens is 1. The van der Waals surface area contributed by atoms with Crippen LogP contribution in [-0.2, 0) is 19.1 Å². The van der Waals surface area contributed by atoms with E-state index in [4.69, 9.17) is 4.74 Å². The second-order valence-corrected chi connectivity index (χ2v) is 11.8. The first-order valence-corrected chi connectivity index (χ1v) is 13.0. The van der Waals surface area contributed by atoms with Crippen molar-refractivity contribution >= 4 is 28.6 Å². The molecule has 0 aromatic heterocycles. The number of esters is 1.